The number of Topliss-reactive ketones (excluding diaryl/α,β-unsaturated/α-hetero) is 1. The number of alkyl halides is 2. The highest BCUT2D eigenvalue weighted by Gasteiger charge is 2.46. The van der Waals surface area contributed by atoms with Crippen LogP contribution in [0.2, 0.25) is 0 Å². The molecule has 3 rings (SSSR count). The number of hydrogen-bond donors (Lipinski definition) is 1. The monoisotopic (exact) mass is 418 g/mol. The lowest BCUT2D eigenvalue weighted by molar-refractivity contribution is -0.0146. The number of carbonyl (C=O) groups is 1. The molecule has 1 aliphatic heterocycles. The minimum absolute atomic E-state index is 0.00290. The zero-order valence-electron chi connectivity index (χ0n) is 15.6. The Morgan fingerprint density at radius 3 is 2.80 bits per heavy atom. The maximum absolute atomic E-state index is 14.5. The summed E-state index contributed by atoms with van der Waals surface area (Å²) in [6.45, 7) is -0.652. The van der Waals surface area contributed by atoms with Crippen molar-refractivity contribution in [1.29, 1.82) is 0 Å². The molecule has 2 heterocycles. The van der Waals surface area contributed by atoms with Gasteiger partial charge < -0.3 is 15.2 Å². The molecule has 0 saturated carbocycles. The number of halogens is 3. The van der Waals surface area contributed by atoms with Gasteiger partial charge in [0.2, 0.25) is 5.88 Å². The Morgan fingerprint density at radius 1 is 1.37 bits per heavy atom. The second-order valence-electron chi connectivity index (χ2n) is 6.47. The van der Waals surface area contributed by atoms with Crippen LogP contribution in [-0.4, -0.2) is 47.8 Å². The third kappa shape index (κ3) is 4.41. The van der Waals surface area contributed by atoms with Gasteiger partial charge in [0.25, 0.3) is 6.43 Å². The fourth-order valence-corrected chi connectivity index (χ4v) is 2.94. The number of aliphatic imine (C=N–C) groups is 1. The topological polar surface area (TPSA) is 99.7 Å². The summed E-state index contributed by atoms with van der Waals surface area (Å²) in [4.78, 5) is 24.2. The molecule has 0 spiro atoms. The SMILES string of the molecule is C#CCOc1cnc(C(=O)Cc2ccc(F)c([C@]3(C(F)F)COCC(N)=N3)c2)cn1. The lowest BCUT2D eigenvalue weighted by atomic mass is 9.88. The van der Waals surface area contributed by atoms with Gasteiger partial charge in [0.15, 0.2) is 17.9 Å². The molecule has 2 N–H and O–H groups in total. The van der Waals surface area contributed by atoms with E-state index in [-0.39, 0.29) is 37.0 Å². The highest BCUT2D eigenvalue weighted by molar-refractivity contribution is 5.95. The maximum atomic E-state index is 14.5. The third-order valence-electron chi connectivity index (χ3n) is 4.36. The molecular formula is C20H17F3N4O3. The van der Waals surface area contributed by atoms with E-state index in [1.54, 1.807) is 0 Å². The van der Waals surface area contributed by atoms with E-state index < -0.39 is 35.7 Å². The van der Waals surface area contributed by atoms with Gasteiger partial charge in [0.05, 0.1) is 19.0 Å². The van der Waals surface area contributed by atoms with Crippen LogP contribution in [0, 0.1) is 18.2 Å². The molecule has 0 aliphatic carbocycles. The van der Waals surface area contributed by atoms with E-state index in [4.69, 9.17) is 21.6 Å². The molecule has 7 nitrogen and oxygen atoms in total. The summed E-state index contributed by atoms with van der Waals surface area (Å²) in [5.74, 6) is 0.914. The van der Waals surface area contributed by atoms with Crippen LogP contribution in [0.25, 0.3) is 0 Å². The van der Waals surface area contributed by atoms with Crippen LogP contribution < -0.4 is 10.5 Å². The number of ether oxygens (including phenoxy) is 2. The summed E-state index contributed by atoms with van der Waals surface area (Å²) < 4.78 is 52.4. The molecule has 10 heteroatoms. The number of nitrogens with zero attached hydrogens (tertiary/aromatic N) is 3. The van der Waals surface area contributed by atoms with E-state index in [0.29, 0.717) is 5.56 Å². The van der Waals surface area contributed by atoms with Crippen molar-refractivity contribution in [2.45, 2.75) is 18.4 Å². The number of rotatable bonds is 7. The molecule has 156 valence electrons. The fourth-order valence-electron chi connectivity index (χ4n) is 2.94. The van der Waals surface area contributed by atoms with E-state index in [0.717, 1.165) is 6.07 Å². The molecular weight excluding hydrogens is 401 g/mol. The van der Waals surface area contributed by atoms with Crippen LogP contribution >= 0.6 is 0 Å². The Labute approximate surface area is 170 Å². The van der Waals surface area contributed by atoms with Gasteiger partial charge in [-0.1, -0.05) is 12.0 Å². The number of ketones is 1. The molecule has 0 saturated heterocycles. The summed E-state index contributed by atoms with van der Waals surface area (Å²) in [7, 11) is 0. The number of carbonyl (C=O) groups excluding carboxylic acids is 1. The zero-order chi connectivity index (χ0) is 21.7. The van der Waals surface area contributed by atoms with Crippen molar-refractivity contribution in [2.75, 3.05) is 19.8 Å². The lowest BCUT2D eigenvalue weighted by Gasteiger charge is -2.33. The van der Waals surface area contributed by atoms with Crippen LogP contribution in [0.5, 0.6) is 5.88 Å². The van der Waals surface area contributed by atoms with E-state index in [9.17, 15) is 18.0 Å². The van der Waals surface area contributed by atoms with Crippen molar-refractivity contribution in [2.24, 2.45) is 10.7 Å². The van der Waals surface area contributed by atoms with Crippen LogP contribution in [0.3, 0.4) is 0 Å². The first-order chi connectivity index (χ1) is 14.4. The van der Waals surface area contributed by atoms with Gasteiger partial charge >= 0.3 is 0 Å². The van der Waals surface area contributed by atoms with Crippen LogP contribution in [0.4, 0.5) is 13.2 Å². The van der Waals surface area contributed by atoms with Gasteiger partial charge in [0.1, 0.15) is 24.0 Å². The highest BCUT2D eigenvalue weighted by atomic mass is 19.3. The Bertz CT molecular complexity index is 1010. The van der Waals surface area contributed by atoms with Crippen molar-refractivity contribution in [3.8, 4) is 18.2 Å². The number of nitrogens with two attached hydrogens (primary N) is 1. The largest absolute Gasteiger partial charge is 0.463 e. The van der Waals surface area contributed by atoms with E-state index in [1.807, 2.05) is 0 Å². The Hall–Kier alpha value is -3.45. The second kappa shape index (κ2) is 8.92. The number of terminal acetylenes is 1. The van der Waals surface area contributed by atoms with Gasteiger partial charge in [-0.3, -0.25) is 9.79 Å². The summed E-state index contributed by atoms with van der Waals surface area (Å²) >= 11 is 0. The summed E-state index contributed by atoms with van der Waals surface area (Å²) in [6.07, 6.45) is 4.24. The van der Waals surface area contributed by atoms with E-state index >= 15 is 0 Å². The molecule has 1 aromatic carbocycles. The maximum Gasteiger partial charge on any atom is 0.269 e. The Morgan fingerprint density at radius 2 is 2.17 bits per heavy atom. The Balaban J connectivity index is 1.85. The molecule has 0 amide bonds. The summed E-state index contributed by atoms with van der Waals surface area (Å²) in [6, 6.07) is 3.50. The van der Waals surface area contributed by atoms with Gasteiger partial charge in [-0.2, -0.15) is 0 Å². The first-order valence-corrected chi connectivity index (χ1v) is 8.76. The molecule has 0 unspecified atom stereocenters. The fraction of sp³-hybridized carbons (Fsp3) is 0.300. The van der Waals surface area contributed by atoms with Crippen LogP contribution in [0.15, 0.2) is 35.6 Å². The van der Waals surface area contributed by atoms with E-state index in [2.05, 4.69) is 20.9 Å². The normalized spacial score (nSPS) is 18.6. The minimum Gasteiger partial charge on any atom is -0.463 e. The van der Waals surface area contributed by atoms with Crippen molar-refractivity contribution in [1.82, 2.24) is 9.97 Å². The second-order valence-corrected chi connectivity index (χ2v) is 6.47. The Kier molecular flexibility index (Phi) is 6.32. The quantitative estimate of drug-likeness (QED) is 0.545. The molecule has 0 bridgehead atoms. The van der Waals surface area contributed by atoms with Gasteiger partial charge in [0, 0.05) is 12.0 Å². The number of aromatic nitrogens is 2. The first-order valence-electron chi connectivity index (χ1n) is 8.76. The molecule has 2 aromatic rings. The molecule has 30 heavy (non-hydrogen) atoms. The van der Waals surface area contributed by atoms with Crippen molar-refractivity contribution in [3.05, 3.63) is 53.2 Å². The number of hydrogen-bond acceptors (Lipinski definition) is 7. The molecule has 1 aliphatic rings. The zero-order valence-corrected chi connectivity index (χ0v) is 15.6. The summed E-state index contributed by atoms with van der Waals surface area (Å²) in [5, 5.41) is 0. The molecule has 0 radical (unpaired) electrons. The first kappa shape index (κ1) is 21.3. The smallest absolute Gasteiger partial charge is 0.269 e. The average Bonchev–Trinajstić information content (AvgIpc) is 2.73. The average molecular weight is 418 g/mol. The van der Waals surface area contributed by atoms with Gasteiger partial charge in [-0.25, -0.2) is 23.1 Å². The predicted octanol–water partition coefficient (Wildman–Crippen LogP) is 1.90. The summed E-state index contributed by atoms with van der Waals surface area (Å²) in [5.41, 5.74) is 3.21. The van der Waals surface area contributed by atoms with E-state index in [1.165, 1.54) is 24.5 Å². The highest BCUT2D eigenvalue weighted by Crippen LogP contribution is 2.37. The van der Waals surface area contributed by atoms with Crippen molar-refractivity contribution >= 4 is 11.6 Å². The number of amidine groups is 1. The van der Waals surface area contributed by atoms with Gasteiger partial charge in [-0.15, -0.1) is 6.42 Å². The standard InChI is InChI=1S/C20H17F3N4O3/c1-2-5-30-18-9-25-15(8-26-18)16(28)7-12-3-4-14(21)13(6-12)20(19(22)23)11-29-10-17(24)27-20/h1,3-4,6,8-9,19H,5,7,10-11H2,(H2,24,27)/t20-/m0/s1. The van der Waals surface area contributed by atoms with Gasteiger partial charge in [-0.05, 0) is 17.7 Å². The van der Waals surface area contributed by atoms with Crippen molar-refractivity contribution in [3.63, 3.8) is 0 Å². The third-order valence-corrected chi connectivity index (χ3v) is 4.36. The number of benzene rings is 1. The lowest BCUT2D eigenvalue weighted by Crippen LogP contribution is -2.45. The van der Waals surface area contributed by atoms with Crippen LogP contribution in [0.1, 0.15) is 21.6 Å². The van der Waals surface area contributed by atoms with Crippen LogP contribution in [-0.2, 0) is 16.7 Å². The molecule has 1 atom stereocenters. The predicted molar refractivity (Wildman–Crippen MR) is 101 cm³/mol. The minimum atomic E-state index is -3.07. The van der Waals surface area contributed by atoms with Crippen molar-refractivity contribution < 1.29 is 27.4 Å². The molecule has 1 aromatic heterocycles. The molecule has 0 fully saturated rings.